The fraction of sp³-hybridized carbons (Fsp3) is 0.400. The fourth-order valence-corrected chi connectivity index (χ4v) is 5.29. The highest BCUT2D eigenvalue weighted by molar-refractivity contribution is 5.98. The van der Waals surface area contributed by atoms with Crippen LogP contribution in [0.3, 0.4) is 0 Å². The number of rotatable bonds is 7. The predicted octanol–water partition coefficient (Wildman–Crippen LogP) is 4.06. The van der Waals surface area contributed by atoms with E-state index in [1.807, 2.05) is 39.0 Å². The zero-order chi connectivity index (χ0) is 24.1. The third kappa shape index (κ3) is 3.46. The molecule has 172 valence electrons. The first-order valence-corrected chi connectivity index (χ1v) is 11.2. The molecule has 4 aliphatic rings. The molecule has 1 aromatic carbocycles. The summed E-state index contributed by atoms with van der Waals surface area (Å²) in [6.07, 6.45) is 4.70. The molecule has 2 aromatic rings. The van der Waals surface area contributed by atoms with Crippen LogP contribution in [-0.2, 0) is 4.74 Å². The fourth-order valence-electron chi connectivity index (χ4n) is 5.29. The molecular weight excluding hydrogens is 432 g/mol. The predicted molar refractivity (Wildman–Crippen MR) is 123 cm³/mol. The maximum Gasteiger partial charge on any atom is 0.272 e. The Labute approximate surface area is 197 Å². The molecule has 2 N–H and O–H groups in total. The van der Waals surface area contributed by atoms with Crippen LogP contribution in [0.15, 0.2) is 18.2 Å². The average Bonchev–Trinajstić information content (AvgIpc) is 3.06. The number of amides is 1. The summed E-state index contributed by atoms with van der Waals surface area (Å²) in [6.45, 7) is 6.07. The molecule has 6 rings (SSSR count). The zero-order valence-electron chi connectivity index (χ0n) is 19.2. The lowest BCUT2D eigenvalue weighted by Crippen LogP contribution is -2.70. The maximum atomic E-state index is 12.7. The van der Waals surface area contributed by atoms with Gasteiger partial charge in [-0.15, -0.1) is 0 Å². The highest BCUT2D eigenvalue weighted by atomic mass is 16.5. The Hall–Kier alpha value is -3.95. The van der Waals surface area contributed by atoms with E-state index in [0.717, 1.165) is 36.0 Å². The lowest BCUT2D eigenvalue weighted by molar-refractivity contribution is -0.0665. The van der Waals surface area contributed by atoms with E-state index >= 15 is 0 Å². The Bertz CT molecular complexity index is 1280. The van der Waals surface area contributed by atoms with E-state index in [9.17, 15) is 10.1 Å². The van der Waals surface area contributed by atoms with Gasteiger partial charge in [-0.2, -0.15) is 15.5 Å². The Morgan fingerprint density at radius 3 is 2.56 bits per heavy atom. The van der Waals surface area contributed by atoms with Crippen LogP contribution in [0.4, 0.5) is 5.95 Å². The number of carbonyl (C=O) groups excluding carboxylic acids is 1. The standard InChI is InChI=1S/C25H24N6O3/c1-4-33-21-17-18(20(32)29-21)28-23(31-25-10-24(11-25,12-25)13-27)30-22(17)34-19-14(2)8-16(6-5-7-26)9-15(19)3/h5-6,8-9,21H,4,10-12H2,1-3H3,(H,29,32)(H,28,30,31)/b6-5+. The first kappa shape index (κ1) is 21.9. The summed E-state index contributed by atoms with van der Waals surface area (Å²) in [7, 11) is 0. The van der Waals surface area contributed by atoms with Gasteiger partial charge >= 0.3 is 0 Å². The van der Waals surface area contributed by atoms with Gasteiger partial charge in [0.2, 0.25) is 11.8 Å². The van der Waals surface area contributed by atoms with Crippen LogP contribution in [-0.4, -0.2) is 28.0 Å². The molecule has 1 aliphatic heterocycles. The minimum atomic E-state index is -0.702. The molecule has 0 saturated heterocycles. The molecule has 3 fully saturated rings. The number of ether oxygens (including phenoxy) is 2. The summed E-state index contributed by atoms with van der Waals surface area (Å²) in [6, 6.07) is 8.22. The highest BCUT2D eigenvalue weighted by Gasteiger charge is 2.69. The van der Waals surface area contributed by atoms with E-state index in [-0.39, 0.29) is 28.4 Å². The van der Waals surface area contributed by atoms with Crippen molar-refractivity contribution in [3.63, 3.8) is 0 Å². The van der Waals surface area contributed by atoms with Crippen molar-refractivity contribution in [3.8, 4) is 23.8 Å². The third-order valence-corrected chi connectivity index (χ3v) is 6.66. The molecule has 34 heavy (non-hydrogen) atoms. The smallest absolute Gasteiger partial charge is 0.272 e. The summed E-state index contributed by atoms with van der Waals surface area (Å²) in [5.41, 5.74) is 2.87. The first-order chi connectivity index (χ1) is 16.3. The number of nitrogens with one attached hydrogen (secondary N) is 2. The highest BCUT2D eigenvalue weighted by Crippen LogP contribution is 2.67. The second kappa shape index (κ2) is 7.82. The summed E-state index contributed by atoms with van der Waals surface area (Å²) in [4.78, 5) is 21.8. The Balaban J connectivity index is 1.52. The van der Waals surface area contributed by atoms with Crippen molar-refractivity contribution >= 4 is 17.9 Å². The zero-order valence-corrected chi connectivity index (χ0v) is 19.2. The summed E-state index contributed by atoms with van der Waals surface area (Å²) in [5, 5.41) is 24.3. The van der Waals surface area contributed by atoms with Crippen LogP contribution >= 0.6 is 0 Å². The van der Waals surface area contributed by atoms with Gasteiger partial charge in [-0.25, -0.2) is 4.98 Å². The van der Waals surface area contributed by atoms with E-state index < -0.39 is 6.23 Å². The molecule has 3 aliphatic carbocycles. The first-order valence-electron chi connectivity index (χ1n) is 11.2. The number of aromatic nitrogens is 2. The lowest BCUT2D eigenvalue weighted by atomic mass is 9.40. The minimum Gasteiger partial charge on any atom is -0.438 e. The van der Waals surface area contributed by atoms with Gasteiger partial charge in [0.25, 0.3) is 5.91 Å². The van der Waals surface area contributed by atoms with Crippen LogP contribution in [0.5, 0.6) is 11.6 Å². The van der Waals surface area contributed by atoms with Crippen LogP contribution in [0.2, 0.25) is 0 Å². The minimum absolute atomic E-state index is 0.198. The molecule has 1 amide bonds. The van der Waals surface area contributed by atoms with Crippen molar-refractivity contribution in [3.05, 3.63) is 46.2 Å². The molecule has 1 atom stereocenters. The molecule has 9 heteroatoms. The number of allylic oxidation sites excluding steroid dienone is 1. The Morgan fingerprint density at radius 2 is 1.94 bits per heavy atom. The molecule has 2 heterocycles. The third-order valence-electron chi connectivity index (χ3n) is 6.66. The van der Waals surface area contributed by atoms with Crippen molar-refractivity contribution in [1.29, 1.82) is 10.5 Å². The number of hydrogen-bond donors (Lipinski definition) is 2. The quantitative estimate of drug-likeness (QED) is 0.596. The molecular formula is C25H24N6O3. The van der Waals surface area contributed by atoms with Gasteiger partial charge in [0.05, 0.1) is 23.1 Å². The molecule has 3 saturated carbocycles. The van der Waals surface area contributed by atoms with Gasteiger partial charge in [-0.05, 0) is 74.9 Å². The average molecular weight is 457 g/mol. The largest absolute Gasteiger partial charge is 0.438 e. The normalized spacial score (nSPS) is 26.0. The van der Waals surface area contributed by atoms with Crippen LogP contribution in [0, 0.1) is 41.9 Å². The lowest BCUT2D eigenvalue weighted by Gasteiger charge is -2.66. The van der Waals surface area contributed by atoms with Crippen molar-refractivity contribution < 1.29 is 14.3 Å². The van der Waals surface area contributed by atoms with E-state index in [4.69, 9.17) is 14.7 Å². The molecule has 1 aromatic heterocycles. The van der Waals surface area contributed by atoms with E-state index in [1.165, 1.54) is 6.08 Å². The van der Waals surface area contributed by atoms with Crippen LogP contribution in [0.25, 0.3) is 6.08 Å². The van der Waals surface area contributed by atoms with Crippen molar-refractivity contribution in [2.75, 3.05) is 11.9 Å². The number of fused-ring (bicyclic) bond motifs is 1. The topological polar surface area (TPSA) is 133 Å². The van der Waals surface area contributed by atoms with Gasteiger partial charge < -0.3 is 20.1 Å². The summed E-state index contributed by atoms with van der Waals surface area (Å²) in [5.74, 6) is 0.818. The van der Waals surface area contributed by atoms with Gasteiger partial charge in [-0.3, -0.25) is 4.79 Å². The van der Waals surface area contributed by atoms with Crippen molar-refractivity contribution in [2.24, 2.45) is 5.41 Å². The summed E-state index contributed by atoms with van der Waals surface area (Å²) < 4.78 is 12.0. The van der Waals surface area contributed by atoms with Gasteiger partial charge in [-0.1, -0.05) is 0 Å². The molecule has 0 spiro atoms. The van der Waals surface area contributed by atoms with Crippen molar-refractivity contribution in [2.45, 2.75) is 51.8 Å². The number of aryl methyl sites for hydroxylation is 2. The second-order valence-electron chi connectivity index (χ2n) is 9.30. The molecule has 9 nitrogen and oxygen atoms in total. The van der Waals surface area contributed by atoms with E-state index in [2.05, 4.69) is 26.7 Å². The summed E-state index contributed by atoms with van der Waals surface area (Å²) >= 11 is 0. The maximum absolute atomic E-state index is 12.7. The number of nitrogens with zero attached hydrogens (tertiary/aromatic N) is 4. The van der Waals surface area contributed by atoms with Crippen molar-refractivity contribution in [1.82, 2.24) is 15.3 Å². The number of benzene rings is 1. The number of hydrogen-bond acceptors (Lipinski definition) is 8. The Morgan fingerprint density at radius 1 is 1.24 bits per heavy atom. The van der Waals surface area contributed by atoms with E-state index in [0.29, 0.717) is 23.9 Å². The SMILES string of the molecule is CCOC1NC(=O)c2nc(NC34CC(C#N)(C3)C4)nc(Oc3c(C)cc(/C=C/C#N)cc3C)c21. The number of anilines is 1. The number of nitriles is 2. The van der Waals surface area contributed by atoms with Crippen LogP contribution < -0.4 is 15.4 Å². The molecule has 2 bridgehead atoms. The number of carbonyl (C=O) groups is 1. The Kier molecular flexibility index (Phi) is 5.03. The molecule has 1 unspecified atom stereocenters. The van der Waals surface area contributed by atoms with Crippen LogP contribution in [0.1, 0.15) is 65.2 Å². The van der Waals surface area contributed by atoms with Gasteiger partial charge in [0, 0.05) is 18.2 Å². The van der Waals surface area contributed by atoms with Gasteiger partial charge in [0.15, 0.2) is 6.23 Å². The monoisotopic (exact) mass is 456 g/mol. The van der Waals surface area contributed by atoms with Gasteiger partial charge in [0.1, 0.15) is 11.4 Å². The second-order valence-corrected chi connectivity index (χ2v) is 9.30. The molecule has 0 radical (unpaired) electrons. The van der Waals surface area contributed by atoms with E-state index in [1.54, 1.807) is 6.08 Å².